The van der Waals surface area contributed by atoms with Crippen molar-refractivity contribution in [1.82, 2.24) is 5.32 Å². The van der Waals surface area contributed by atoms with Gasteiger partial charge in [0.2, 0.25) is 15.9 Å². The van der Waals surface area contributed by atoms with Gasteiger partial charge < -0.3 is 10.6 Å². The lowest BCUT2D eigenvalue weighted by atomic mass is 10.1. The summed E-state index contributed by atoms with van der Waals surface area (Å²) in [7, 11) is -3.56. The highest BCUT2D eigenvalue weighted by molar-refractivity contribution is 7.92. The van der Waals surface area contributed by atoms with Crippen molar-refractivity contribution in [3.05, 3.63) is 58.6 Å². The Morgan fingerprint density at radius 2 is 1.72 bits per heavy atom. The summed E-state index contributed by atoms with van der Waals surface area (Å²) in [5.74, 6) is -0.592. The van der Waals surface area contributed by atoms with E-state index in [0.29, 0.717) is 33.9 Å². The highest BCUT2D eigenvalue weighted by Crippen LogP contribution is 2.28. The van der Waals surface area contributed by atoms with Crippen LogP contribution >= 0.6 is 11.6 Å². The van der Waals surface area contributed by atoms with Crippen molar-refractivity contribution >= 4 is 44.8 Å². The van der Waals surface area contributed by atoms with Crippen LogP contribution in [0.15, 0.2) is 42.5 Å². The minimum absolute atomic E-state index is 0.0842. The molecule has 2 N–H and O–H groups in total. The van der Waals surface area contributed by atoms with Crippen LogP contribution in [0.2, 0.25) is 5.02 Å². The largest absolute Gasteiger partial charge is 0.347 e. The van der Waals surface area contributed by atoms with Crippen LogP contribution in [0, 0.1) is 6.92 Å². The van der Waals surface area contributed by atoms with Gasteiger partial charge in [0.15, 0.2) is 0 Å². The van der Waals surface area contributed by atoms with Crippen molar-refractivity contribution in [3.63, 3.8) is 0 Å². The number of amides is 2. The number of nitrogens with one attached hydrogen (secondary N) is 2. The molecule has 0 aliphatic rings. The molecule has 32 heavy (non-hydrogen) atoms. The van der Waals surface area contributed by atoms with Gasteiger partial charge >= 0.3 is 0 Å². The standard InChI is InChI=1S/C23H30ClN3O4S/c1-16-18(24)11-8-13-20(16)27(32(5,30)31)15-9-14-21(28)25-19-12-7-6-10-17(19)22(29)26-23(2,3)4/h6-8,10-13H,9,14-15H2,1-5H3,(H,25,28)(H,26,29). The Bertz CT molecular complexity index is 1090. The monoisotopic (exact) mass is 479 g/mol. The smallest absolute Gasteiger partial charge is 0.253 e. The SMILES string of the molecule is Cc1c(Cl)cccc1N(CCCC(=O)Nc1ccccc1C(=O)NC(C)(C)C)S(C)(=O)=O. The van der Waals surface area contributed by atoms with Crippen molar-refractivity contribution in [3.8, 4) is 0 Å². The van der Waals surface area contributed by atoms with Crippen LogP contribution in [-0.4, -0.2) is 38.6 Å². The van der Waals surface area contributed by atoms with E-state index in [1.165, 1.54) is 4.31 Å². The molecule has 2 aromatic rings. The highest BCUT2D eigenvalue weighted by Gasteiger charge is 2.21. The Morgan fingerprint density at radius 3 is 2.34 bits per heavy atom. The van der Waals surface area contributed by atoms with Crippen LogP contribution in [0.4, 0.5) is 11.4 Å². The molecule has 0 saturated carbocycles. The molecule has 0 bridgehead atoms. The number of hydrogen-bond donors (Lipinski definition) is 2. The second-order valence-corrected chi connectivity index (χ2v) is 10.9. The van der Waals surface area contributed by atoms with Gasteiger partial charge in [-0.15, -0.1) is 0 Å². The first-order valence-corrected chi connectivity index (χ1v) is 12.5. The molecule has 0 fully saturated rings. The van der Waals surface area contributed by atoms with Crippen molar-refractivity contribution < 1.29 is 18.0 Å². The van der Waals surface area contributed by atoms with E-state index in [0.717, 1.165) is 6.26 Å². The predicted octanol–water partition coefficient (Wildman–Crippen LogP) is 4.36. The summed E-state index contributed by atoms with van der Waals surface area (Å²) in [6.45, 7) is 7.51. The minimum Gasteiger partial charge on any atom is -0.347 e. The average Bonchev–Trinajstić information content (AvgIpc) is 2.66. The summed E-state index contributed by atoms with van der Waals surface area (Å²) in [4.78, 5) is 25.1. The number of carbonyl (C=O) groups is 2. The van der Waals surface area contributed by atoms with Crippen molar-refractivity contribution in [2.75, 3.05) is 22.4 Å². The number of rotatable bonds is 8. The lowest BCUT2D eigenvalue weighted by molar-refractivity contribution is -0.116. The number of halogens is 1. The summed E-state index contributed by atoms with van der Waals surface area (Å²) in [5.41, 5.74) is 1.50. The Morgan fingerprint density at radius 1 is 1.06 bits per heavy atom. The number of hydrogen-bond acceptors (Lipinski definition) is 4. The molecular formula is C23H30ClN3O4S. The van der Waals surface area contributed by atoms with E-state index in [2.05, 4.69) is 10.6 Å². The van der Waals surface area contributed by atoms with E-state index in [1.807, 2.05) is 20.8 Å². The van der Waals surface area contributed by atoms with Crippen LogP contribution in [0.1, 0.15) is 49.5 Å². The molecular weight excluding hydrogens is 450 g/mol. The van der Waals surface area contributed by atoms with E-state index in [1.54, 1.807) is 49.4 Å². The first-order chi connectivity index (χ1) is 14.8. The Hall–Kier alpha value is -2.58. The number of para-hydroxylation sites is 1. The average molecular weight is 480 g/mol. The van der Waals surface area contributed by atoms with Gasteiger partial charge in [-0.05, 0) is 63.9 Å². The third kappa shape index (κ3) is 7.24. The van der Waals surface area contributed by atoms with Crippen LogP contribution in [0.25, 0.3) is 0 Å². The summed E-state index contributed by atoms with van der Waals surface area (Å²) >= 11 is 6.14. The van der Waals surface area contributed by atoms with E-state index < -0.39 is 15.6 Å². The van der Waals surface area contributed by atoms with Gasteiger partial charge in [-0.2, -0.15) is 0 Å². The van der Waals surface area contributed by atoms with Crippen molar-refractivity contribution in [2.45, 2.75) is 46.1 Å². The predicted molar refractivity (Wildman–Crippen MR) is 130 cm³/mol. The molecule has 0 radical (unpaired) electrons. The third-order valence-corrected chi connectivity index (χ3v) is 6.20. The molecule has 9 heteroatoms. The Balaban J connectivity index is 2.07. The van der Waals surface area contributed by atoms with Crippen LogP contribution < -0.4 is 14.9 Å². The van der Waals surface area contributed by atoms with Gasteiger partial charge in [0.05, 0.1) is 23.2 Å². The molecule has 174 valence electrons. The first-order valence-electron chi connectivity index (χ1n) is 10.2. The van der Waals surface area contributed by atoms with E-state index in [4.69, 9.17) is 11.6 Å². The molecule has 0 heterocycles. The van der Waals surface area contributed by atoms with Gasteiger partial charge in [0, 0.05) is 23.5 Å². The highest BCUT2D eigenvalue weighted by atomic mass is 35.5. The lowest BCUT2D eigenvalue weighted by Crippen LogP contribution is -2.40. The normalized spacial score (nSPS) is 11.7. The maximum absolute atomic E-state index is 12.5. The number of anilines is 2. The molecule has 0 atom stereocenters. The summed E-state index contributed by atoms with van der Waals surface area (Å²) in [6.07, 6.45) is 1.50. The number of nitrogens with zero attached hydrogens (tertiary/aromatic N) is 1. The molecule has 0 aromatic heterocycles. The second kappa shape index (κ2) is 10.4. The Labute approximate surface area is 195 Å². The fourth-order valence-electron chi connectivity index (χ4n) is 3.13. The van der Waals surface area contributed by atoms with Crippen molar-refractivity contribution in [1.29, 1.82) is 0 Å². The van der Waals surface area contributed by atoms with E-state index >= 15 is 0 Å². The molecule has 0 unspecified atom stereocenters. The molecule has 2 rings (SSSR count). The fraction of sp³-hybridized carbons (Fsp3) is 0.391. The summed E-state index contributed by atoms with van der Waals surface area (Å²) in [6, 6.07) is 11.8. The molecule has 0 saturated heterocycles. The quantitative estimate of drug-likeness (QED) is 0.587. The van der Waals surface area contributed by atoms with Crippen LogP contribution in [0.3, 0.4) is 0 Å². The first kappa shape index (κ1) is 25.7. The van der Waals surface area contributed by atoms with Crippen LogP contribution in [0.5, 0.6) is 0 Å². The molecule has 0 aliphatic carbocycles. The Kier molecular flexibility index (Phi) is 8.31. The maximum Gasteiger partial charge on any atom is 0.253 e. The molecule has 2 amide bonds. The topological polar surface area (TPSA) is 95.6 Å². The fourth-order valence-corrected chi connectivity index (χ4v) is 4.31. The van der Waals surface area contributed by atoms with Gasteiger partial charge in [-0.25, -0.2) is 8.42 Å². The zero-order valence-corrected chi connectivity index (χ0v) is 20.6. The summed E-state index contributed by atoms with van der Waals surface area (Å²) in [5, 5.41) is 6.11. The molecule has 2 aromatic carbocycles. The lowest BCUT2D eigenvalue weighted by Gasteiger charge is -2.24. The zero-order valence-electron chi connectivity index (χ0n) is 19.0. The van der Waals surface area contributed by atoms with Crippen LogP contribution in [-0.2, 0) is 14.8 Å². The van der Waals surface area contributed by atoms with Gasteiger partial charge in [-0.3, -0.25) is 13.9 Å². The summed E-state index contributed by atoms with van der Waals surface area (Å²) < 4.78 is 25.9. The van der Waals surface area contributed by atoms with Crippen molar-refractivity contribution in [2.24, 2.45) is 0 Å². The minimum atomic E-state index is -3.56. The second-order valence-electron chi connectivity index (χ2n) is 8.62. The van der Waals surface area contributed by atoms with Gasteiger partial charge in [0.25, 0.3) is 5.91 Å². The zero-order chi connectivity index (χ0) is 24.1. The van der Waals surface area contributed by atoms with E-state index in [-0.39, 0.29) is 24.8 Å². The molecule has 0 spiro atoms. The molecule has 7 nitrogen and oxygen atoms in total. The van der Waals surface area contributed by atoms with E-state index in [9.17, 15) is 18.0 Å². The van der Waals surface area contributed by atoms with Gasteiger partial charge in [-0.1, -0.05) is 29.8 Å². The number of sulfonamides is 1. The number of carbonyl (C=O) groups excluding carboxylic acids is 2. The van der Waals surface area contributed by atoms with Gasteiger partial charge in [0.1, 0.15) is 0 Å². The third-order valence-electron chi connectivity index (χ3n) is 4.61. The maximum atomic E-state index is 12.5. The number of benzene rings is 2. The molecule has 0 aliphatic heterocycles.